The predicted molar refractivity (Wildman–Crippen MR) is 78.7 cm³/mol. The molecule has 0 aliphatic carbocycles. The molecule has 6 nitrogen and oxygen atoms in total. The van der Waals surface area contributed by atoms with Crippen LogP contribution in [0.3, 0.4) is 0 Å². The zero-order valence-corrected chi connectivity index (χ0v) is 12.3. The Morgan fingerprint density at radius 2 is 1.91 bits per heavy atom. The first-order valence-corrected chi connectivity index (χ1v) is 6.89. The molecule has 1 aromatic carbocycles. The SMILES string of the molecule is C[C@H](NC(=O)[C@@H](CC(=O)CC#N)Cc1ccccc1)C(=O)O. The van der Waals surface area contributed by atoms with Gasteiger partial charge in [-0.05, 0) is 18.9 Å². The van der Waals surface area contributed by atoms with E-state index < -0.39 is 23.8 Å². The van der Waals surface area contributed by atoms with Gasteiger partial charge in [-0.1, -0.05) is 30.3 Å². The van der Waals surface area contributed by atoms with Gasteiger partial charge >= 0.3 is 5.97 Å². The number of amides is 1. The Labute approximate surface area is 128 Å². The molecular weight excluding hydrogens is 284 g/mol. The van der Waals surface area contributed by atoms with Gasteiger partial charge in [-0.2, -0.15) is 5.26 Å². The van der Waals surface area contributed by atoms with Crippen LogP contribution in [0.5, 0.6) is 0 Å². The highest BCUT2D eigenvalue weighted by Crippen LogP contribution is 2.14. The second-order valence-corrected chi connectivity index (χ2v) is 5.03. The minimum Gasteiger partial charge on any atom is -0.480 e. The Hall–Kier alpha value is -2.68. The molecule has 1 aromatic rings. The lowest BCUT2D eigenvalue weighted by molar-refractivity contribution is -0.142. The van der Waals surface area contributed by atoms with E-state index >= 15 is 0 Å². The van der Waals surface area contributed by atoms with E-state index in [1.54, 1.807) is 6.07 Å². The van der Waals surface area contributed by atoms with Crippen LogP contribution in [0.15, 0.2) is 30.3 Å². The van der Waals surface area contributed by atoms with Crippen LogP contribution < -0.4 is 5.32 Å². The lowest BCUT2D eigenvalue weighted by Crippen LogP contribution is -2.42. The molecule has 0 saturated carbocycles. The maximum absolute atomic E-state index is 12.2. The van der Waals surface area contributed by atoms with Gasteiger partial charge in [-0.15, -0.1) is 0 Å². The number of aliphatic carboxylic acids is 1. The Morgan fingerprint density at radius 1 is 1.27 bits per heavy atom. The number of ketones is 1. The Balaban J connectivity index is 2.81. The summed E-state index contributed by atoms with van der Waals surface area (Å²) in [6, 6.07) is 9.87. The largest absolute Gasteiger partial charge is 0.480 e. The summed E-state index contributed by atoms with van der Waals surface area (Å²) < 4.78 is 0. The van der Waals surface area contributed by atoms with Gasteiger partial charge in [0.15, 0.2) is 0 Å². The Morgan fingerprint density at radius 3 is 2.45 bits per heavy atom. The van der Waals surface area contributed by atoms with Crippen LogP contribution in [0, 0.1) is 17.2 Å². The number of carbonyl (C=O) groups is 3. The first-order valence-electron chi connectivity index (χ1n) is 6.89. The van der Waals surface area contributed by atoms with Crippen molar-refractivity contribution in [3.05, 3.63) is 35.9 Å². The molecule has 2 atom stereocenters. The Kier molecular flexibility index (Phi) is 6.77. The van der Waals surface area contributed by atoms with E-state index in [9.17, 15) is 14.4 Å². The highest BCUT2D eigenvalue weighted by molar-refractivity contribution is 5.89. The maximum Gasteiger partial charge on any atom is 0.325 e. The average Bonchev–Trinajstić information content (AvgIpc) is 2.47. The molecule has 0 saturated heterocycles. The lowest BCUT2D eigenvalue weighted by Gasteiger charge is -2.18. The van der Waals surface area contributed by atoms with E-state index in [0.29, 0.717) is 6.42 Å². The summed E-state index contributed by atoms with van der Waals surface area (Å²) >= 11 is 0. The van der Waals surface area contributed by atoms with Crippen molar-refractivity contribution in [1.82, 2.24) is 5.32 Å². The van der Waals surface area contributed by atoms with E-state index in [1.165, 1.54) is 6.92 Å². The van der Waals surface area contributed by atoms with Crippen LogP contribution in [0.2, 0.25) is 0 Å². The zero-order chi connectivity index (χ0) is 16.5. The second-order valence-electron chi connectivity index (χ2n) is 5.03. The number of benzene rings is 1. The molecule has 0 radical (unpaired) electrons. The molecule has 2 N–H and O–H groups in total. The maximum atomic E-state index is 12.2. The van der Waals surface area contributed by atoms with Gasteiger partial charge in [-0.3, -0.25) is 14.4 Å². The van der Waals surface area contributed by atoms with E-state index in [-0.39, 0.29) is 18.6 Å². The molecule has 1 amide bonds. The van der Waals surface area contributed by atoms with Gasteiger partial charge in [0.1, 0.15) is 11.8 Å². The summed E-state index contributed by atoms with van der Waals surface area (Å²) in [5, 5.41) is 19.8. The number of carboxylic acids is 1. The quantitative estimate of drug-likeness (QED) is 0.752. The summed E-state index contributed by atoms with van der Waals surface area (Å²) in [5.41, 5.74) is 0.871. The monoisotopic (exact) mass is 302 g/mol. The molecular formula is C16H18N2O4. The van der Waals surface area contributed by atoms with Crippen LogP contribution in [0.25, 0.3) is 0 Å². The molecule has 0 fully saturated rings. The smallest absolute Gasteiger partial charge is 0.325 e. The third-order valence-corrected chi connectivity index (χ3v) is 3.18. The predicted octanol–water partition coefficient (Wildman–Crippen LogP) is 1.31. The van der Waals surface area contributed by atoms with E-state index in [1.807, 2.05) is 30.3 Å². The normalized spacial score (nSPS) is 12.7. The number of carbonyl (C=O) groups excluding carboxylic acids is 2. The first-order chi connectivity index (χ1) is 10.4. The fourth-order valence-corrected chi connectivity index (χ4v) is 1.98. The van der Waals surface area contributed by atoms with Crippen molar-refractivity contribution in [3.63, 3.8) is 0 Å². The minimum atomic E-state index is -1.14. The zero-order valence-electron chi connectivity index (χ0n) is 12.3. The number of nitrogens with one attached hydrogen (secondary N) is 1. The van der Waals surface area contributed by atoms with Gasteiger partial charge in [0.2, 0.25) is 5.91 Å². The molecule has 0 aliphatic rings. The first kappa shape index (κ1) is 17.4. The summed E-state index contributed by atoms with van der Waals surface area (Å²) in [6.07, 6.45) is -0.0239. The van der Waals surface area contributed by atoms with Crippen molar-refractivity contribution in [1.29, 1.82) is 5.26 Å². The fraction of sp³-hybridized carbons (Fsp3) is 0.375. The lowest BCUT2D eigenvalue weighted by atomic mass is 9.92. The summed E-state index contributed by atoms with van der Waals surface area (Å²) in [4.78, 5) is 34.7. The van der Waals surface area contributed by atoms with Crippen molar-refractivity contribution in [2.45, 2.75) is 32.2 Å². The summed E-state index contributed by atoms with van der Waals surface area (Å²) in [5.74, 6) is -2.66. The molecule has 22 heavy (non-hydrogen) atoms. The molecule has 0 unspecified atom stereocenters. The van der Waals surface area contributed by atoms with Crippen LogP contribution in [-0.4, -0.2) is 28.8 Å². The van der Waals surface area contributed by atoms with Gasteiger partial charge < -0.3 is 10.4 Å². The standard InChI is InChI=1S/C16H18N2O4/c1-11(16(21)22)18-15(20)13(10-14(19)7-8-17)9-12-5-3-2-4-6-12/h2-6,11,13H,7,9-10H2,1H3,(H,18,20)(H,21,22)/t11-,13+/m0/s1. The molecule has 0 aliphatic heterocycles. The fourth-order valence-electron chi connectivity index (χ4n) is 1.98. The average molecular weight is 302 g/mol. The van der Waals surface area contributed by atoms with E-state index in [0.717, 1.165) is 5.56 Å². The van der Waals surface area contributed by atoms with Gasteiger partial charge in [-0.25, -0.2) is 0 Å². The molecule has 6 heteroatoms. The number of carboxylic acid groups (broad SMARTS) is 1. The Bertz CT molecular complexity index is 578. The second kappa shape index (κ2) is 8.57. The molecule has 0 bridgehead atoms. The van der Waals surface area contributed by atoms with Crippen LogP contribution in [-0.2, 0) is 20.8 Å². The highest BCUT2D eigenvalue weighted by Gasteiger charge is 2.25. The minimum absolute atomic E-state index is 0.0827. The number of nitrogens with zero attached hydrogens (tertiary/aromatic N) is 1. The summed E-state index contributed by atoms with van der Waals surface area (Å²) in [7, 11) is 0. The van der Waals surface area contributed by atoms with Gasteiger partial charge in [0, 0.05) is 12.3 Å². The molecule has 0 heterocycles. The molecule has 1 rings (SSSR count). The third kappa shape index (κ3) is 5.75. The molecule has 116 valence electrons. The van der Waals surface area contributed by atoms with Crippen molar-refractivity contribution < 1.29 is 19.5 Å². The summed E-state index contributed by atoms with van der Waals surface area (Å²) in [6.45, 7) is 1.36. The molecule has 0 aromatic heterocycles. The topological polar surface area (TPSA) is 107 Å². The number of Topliss-reactive ketones (excluding diaryl/α,β-unsaturated/α-hetero) is 1. The number of hydrogen-bond donors (Lipinski definition) is 2. The highest BCUT2D eigenvalue weighted by atomic mass is 16.4. The van der Waals surface area contributed by atoms with Crippen molar-refractivity contribution in [2.24, 2.45) is 5.92 Å². The van der Waals surface area contributed by atoms with E-state index in [4.69, 9.17) is 10.4 Å². The number of nitriles is 1. The van der Waals surface area contributed by atoms with Crippen molar-refractivity contribution in [3.8, 4) is 6.07 Å². The third-order valence-electron chi connectivity index (χ3n) is 3.18. The van der Waals surface area contributed by atoms with Crippen LogP contribution >= 0.6 is 0 Å². The van der Waals surface area contributed by atoms with Crippen molar-refractivity contribution >= 4 is 17.7 Å². The van der Waals surface area contributed by atoms with Gasteiger partial charge in [0.05, 0.1) is 12.5 Å². The number of hydrogen-bond acceptors (Lipinski definition) is 4. The van der Waals surface area contributed by atoms with E-state index in [2.05, 4.69) is 5.32 Å². The molecule has 0 spiro atoms. The van der Waals surface area contributed by atoms with Crippen molar-refractivity contribution in [2.75, 3.05) is 0 Å². The van der Waals surface area contributed by atoms with Crippen LogP contribution in [0.4, 0.5) is 0 Å². The van der Waals surface area contributed by atoms with Crippen LogP contribution in [0.1, 0.15) is 25.3 Å². The number of rotatable bonds is 8. The van der Waals surface area contributed by atoms with Gasteiger partial charge in [0.25, 0.3) is 0 Å².